The summed E-state index contributed by atoms with van der Waals surface area (Å²) in [6.45, 7) is 6.31. The zero-order chi connectivity index (χ0) is 16.2. The van der Waals surface area contributed by atoms with Crippen LogP contribution in [-0.4, -0.2) is 5.11 Å². The highest BCUT2D eigenvalue weighted by atomic mass is 16.3. The summed E-state index contributed by atoms with van der Waals surface area (Å²) >= 11 is 0. The molecule has 0 fully saturated rings. The standard InChI is InChI=1S/C22H20O/c1-14-7-4-10-17(13-14)22(23)18-11-5-8-15(2)20(18)21-16(3)9-6-12-19(21)22/h4-13,23H,1-3H3. The van der Waals surface area contributed by atoms with Gasteiger partial charge in [-0.2, -0.15) is 0 Å². The first-order valence-corrected chi connectivity index (χ1v) is 8.03. The quantitative estimate of drug-likeness (QED) is 0.679. The molecule has 0 radical (unpaired) electrons. The van der Waals surface area contributed by atoms with Crippen LogP contribution in [0.2, 0.25) is 0 Å². The van der Waals surface area contributed by atoms with E-state index in [0.717, 1.165) is 22.3 Å². The third-order valence-corrected chi connectivity index (χ3v) is 5.01. The molecule has 0 aromatic heterocycles. The minimum absolute atomic E-state index is 0.939. The molecule has 0 unspecified atom stereocenters. The molecule has 1 N–H and O–H groups in total. The molecule has 114 valence electrons. The van der Waals surface area contributed by atoms with Gasteiger partial charge in [0, 0.05) is 11.1 Å². The largest absolute Gasteiger partial charge is 0.376 e. The van der Waals surface area contributed by atoms with Crippen LogP contribution in [-0.2, 0) is 5.60 Å². The fourth-order valence-corrected chi connectivity index (χ4v) is 3.93. The van der Waals surface area contributed by atoms with Crippen molar-refractivity contribution in [2.24, 2.45) is 0 Å². The zero-order valence-electron chi connectivity index (χ0n) is 13.7. The van der Waals surface area contributed by atoms with Crippen LogP contribution in [0.15, 0.2) is 60.7 Å². The highest BCUT2D eigenvalue weighted by Crippen LogP contribution is 2.52. The van der Waals surface area contributed by atoms with Crippen molar-refractivity contribution in [2.45, 2.75) is 26.4 Å². The van der Waals surface area contributed by atoms with E-state index in [1.807, 2.05) is 24.3 Å². The molecule has 0 heterocycles. The van der Waals surface area contributed by atoms with Crippen LogP contribution < -0.4 is 0 Å². The predicted octanol–water partition coefficient (Wildman–Crippen LogP) is 4.88. The van der Waals surface area contributed by atoms with Crippen LogP contribution in [0.3, 0.4) is 0 Å². The Morgan fingerprint density at radius 2 is 1.22 bits per heavy atom. The first-order valence-electron chi connectivity index (χ1n) is 8.03. The van der Waals surface area contributed by atoms with Crippen molar-refractivity contribution in [3.05, 3.63) is 94.0 Å². The average molecular weight is 300 g/mol. The van der Waals surface area contributed by atoms with E-state index in [4.69, 9.17) is 0 Å². The second-order valence-corrected chi connectivity index (χ2v) is 6.57. The van der Waals surface area contributed by atoms with E-state index in [0.29, 0.717) is 0 Å². The first-order chi connectivity index (χ1) is 11.0. The number of benzene rings is 3. The minimum Gasteiger partial charge on any atom is -0.376 e. The maximum atomic E-state index is 11.8. The van der Waals surface area contributed by atoms with Crippen molar-refractivity contribution < 1.29 is 5.11 Å². The topological polar surface area (TPSA) is 20.2 Å². The molecule has 4 rings (SSSR count). The Bertz CT molecular complexity index is 870. The SMILES string of the molecule is Cc1cccc(C2(O)c3cccc(C)c3-c3c(C)cccc32)c1. The third kappa shape index (κ3) is 1.83. The number of aryl methyl sites for hydroxylation is 3. The zero-order valence-corrected chi connectivity index (χ0v) is 13.7. The highest BCUT2D eigenvalue weighted by Gasteiger charge is 2.44. The fourth-order valence-electron chi connectivity index (χ4n) is 3.93. The van der Waals surface area contributed by atoms with Crippen molar-refractivity contribution >= 4 is 0 Å². The smallest absolute Gasteiger partial charge is 0.141 e. The van der Waals surface area contributed by atoms with Crippen LogP contribution >= 0.6 is 0 Å². The summed E-state index contributed by atoms with van der Waals surface area (Å²) in [5, 5.41) is 11.8. The van der Waals surface area contributed by atoms with E-state index in [1.165, 1.54) is 22.3 Å². The van der Waals surface area contributed by atoms with E-state index >= 15 is 0 Å². The van der Waals surface area contributed by atoms with Crippen LogP contribution in [0, 0.1) is 20.8 Å². The van der Waals surface area contributed by atoms with Gasteiger partial charge in [0.1, 0.15) is 5.60 Å². The summed E-state index contributed by atoms with van der Waals surface area (Å²) in [6.07, 6.45) is 0. The average Bonchev–Trinajstić information content (AvgIpc) is 2.81. The predicted molar refractivity (Wildman–Crippen MR) is 94.6 cm³/mol. The Morgan fingerprint density at radius 1 is 0.696 bits per heavy atom. The molecule has 1 aliphatic rings. The molecule has 1 aliphatic carbocycles. The second kappa shape index (κ2) is 4.81. The lowest BCUT2D eigenvalue weighted by Crippen LogP contribution is -2.26. The number of rotatable bonds is 1. The Hall–Kier alpha value is -2.38. The molecule has 0 saturated carbocycles. The lowest BCUT2D eigenvalue weighted by molar-refractivity contribution is 0.130. The molecular formula is C22H20O. The monoisotopic (exact) mass is 300 g/mol. The molecule has 0 amide bonds. The van der Waals surface area contributed by atoms with Crippen LogP contribution in [0.1, 0.15) is 33.4 Å². The summed E-state index contributed by atoms with van der Waals surface area (Å²) in [5.74, 6) is 0. The van der Waals surface area contributed by atoms with Crippen molar-refractivity contribution in [2.75, 3.05) is 0 Å². The molecule has 0 saturated heterocycles. The molecule has 1 heteroatoms. The van der Waals surface area contributed by atoms with Gasteiger partial charge < -0.3 is 5.11 Å². The Balaban J connectivity index is 2.14. The van der Waals surface area contributed by atoms with E-state index in [1.54, 1.807) is 0 Å². The van der Waals surface area contributed by atoms with Gasteiger partial charge >= 0.3 is 0 Å². The minimum atomic E-state index is -1.07. The normalized spacial score (nSPS) is 14.4. The van der Waals surface area contributed by atoms with Gasteiger partial charge in [-0.25, -0.2) is 0 Å². The molecule has 0 bridgehead atoms. The van der Waals surface area contributed by atoms with Crippen molar-refractivity contribution in [1.82, 2.24) is 0 Å². The lowest BCUT2D eigenvalue weighted by atomic mass is 9.83. The van der Waals surface area contributed by atoms with E-state index in [-0.39, 0.29) is 0 Å². The van der Waals surface area contributed by atoms with E-state index < -0.39 is 5.60 Å². The summed E-state index contributed by atoms with van der Waals surface area (Å²) in [7, 11) is 0. The van der Waals surface area contributed by atoms with Gasteiger partial charge in [0.25, 0.3) is 0 Å². The Labute approximate surface area is 137 Å². The molecule has 0 spiro atoms. The third-order valence-electron chi connectivity index (χ3n) is 5.01. The van der Waals surface area contributed by atoms with Crippen LogP contribution in [0.25, 0.3) is 11.1 Å². The van der Waals surface area contributed by atoms with Crippen LogP contribution in [0.5, 0.6) is 0 Å². The summed E-state index contributed by atoms with van der Waals surface area (Å²) < 4.78 is 0. The Morgan fingerprint density at radius 3 is 1.74 bits per heavy atom. The van der Waals surface area contributed by atoms with E-state index in [9.17, 15) is 5.11 Å². The first kappa shape index (κ1) is 14.2. The molecule has 3 aromatic rings. The van der Waals surface area contributed by atoms with Gasteiger partial charge in [0.05, 0.1) is 0 Å². The van der Waals surface area contributed by atoms with Crippen molar-refractivity contribution in [3.8, 4) is 11.1 Å². The van der Waals surface area contributed by atoms with Gasteiger partial charge in [0.2, 0.25) is 0 Å². The molecule has 0 atom stereocenters. The van der Waals surface area contributed by atoms with Gasteiger partial charge in [-0.1, -0.05) is 66.2 Å². The highest BCUT2D eigenvalue weighted by molar-refractivity contribution is 5.86. The summed E-state index contributed by atoms with van der Waals surface area (Å²) in [4.78, 5) is 0. The number of aliphatic hydroxyl groups is 1. The molecule has 1 nitrogen and oxygen atoms in total. The Kier molecular flexibility index (Phi) is 2.97. The lowest BCUT2D eigenvalue weighted by Gasteiger charge is -2.27. The molecule has 0 aliphatic heterocycles. The van der Waals surface area contributed by atoms with Gasteiger partial charge in [-0.3, -0.25) is 0 Å². The second-order valence-electron chi connectivity index (χ2n) is 6.57. The van der Waals surface area contributed by atoms with Gasteiger partial charge in [-0.15, -0.1) is 0 Å². The molecule has 23 heavy (non-hydrogen) atoms. The van der Waals surface area contributed by atoms with Crippen LogP contribution in [0.4, 0.5) is 0 Å². The summed E-state index contributed by atoms with van der Waals surface area (Å²) in [6, 6.07) is 20.6. The van der Waals surface area contributed by atoms with Gasteiger partial charge in [-0.05, 0) is 48.6 Å². The number of hydrogen-bond acceptors (Lipinski definition) is 1. The van der Waals surface area contributed by atoms with Crippen molar-refractivity contribution in [3.63, 3.8) is 0 Å². The maximum absolute atomic E-state index is 11.8. The van der Waals surface area contributed by atoms with E-state index in [2.05, 4.69) is 57.2 Å². The molecular weight excluding hydrogens is 280 g/mol. The molecule has 3 aromatic carbocycles. The number of hydrogen-bond donors (Lipinski definition) is 1. The van der Waals surface area contributed by atoms with Gasteiger partial charge in [0.15, 0.2) is 0 Å². The van der Waals surface area contributed by atoms with Crippen molar-refractivity contribution in [1.29, 1.82) is 0 Å². The maximum Gasteiger partial charge on any atom is 0.141 e. The fraction of sp³-hybridized carbons (Fsp3) is 0.182. The number of fused-ring (bicyclic) bond motifs is 3. The summed E-state index contributed by atoms with van der Waals surface area (Å²) in [5.41, 5.74) is 7.80.